The number of nitrogens with one attached hydrogen (secondary N) is 1. The molecule has 0 saturated heterocycles. The lowest BCUT2D eigenvalue weighted by Crippen LogP contribution is -2.43. The van der Waals surface area contributed by atoms with Crippen molar-refractivity contribution < 1.29 is 9.90 Å². The molecule has 0 radical (unpaired) electrons. The van der Waals surface area contributed by atoms with Crippen LogP contribution in [-0.2, 0) is 4.79 Å². The molecule has 1 aromatic rings. The van der Waals surface area contributed by atoms with E-state index in [1.165, 1.54) is 0 Å². The molecule has 0 aliphatic heterocycles. The Balaban J connectivity index is 0.00000162. The summed E-state index contributed by atoms with van der Waals surface area (Å²) in [6.45, 7) is 0.428. The molecule has 1 amide bonds. The van der Waals surface area contributed by atoms with Crippen LogP contribution >= 0.6 is 12.4 Å². The molecule has 0 heterocycles. The Labute approximate surface area is 113 Å². The van der Waals surface area contributed by atoms with Crippen LogP contribution < -0.4 is 11.1 Å². The fourth-order valence-corrected chi connectivity index (χ4v) is 1.92. The SMILES string of the molecule is Cl.NCC(NC(=O)C(O)c1ccccc1)C1CC1. The summed E-state index contributed by atoms with van der Waals surface area (Å²) in [7, 11) is 0. The fourth-order valence-electron chi connectivity index (χ4n) is 1.92. The first-order valence-corrected chi connectivity index (χ1v) is 5.96. The second-order valence-corrected chi connectivity index (χ2v) is 4.50. The van der Waals surface area contributed by atoms with E-state index in [0.717, 1.165) is 12.8 Å². The first kappa shape index (κ1) is 15.0. The smallest absolute Gasteiger partial charge is 0.253 e. The Kier molecular flexibility index (Phi) is 5.59. The Morgan fingerprint density at radius 2 is 2.00 bits per heavy atom. The van der Waals surface area contributed by atoms with Gasteiger partial charge < -0.3 is 16.2 Å². The van der Waals surface area contributed by atoms with Crippen molar-refractivity contribution in [3.05, 3.63) is 35.9 Å². The summed E-state index contributed by atoms with van der Waals surface area (Å²) in [5, 5.41) is 12.7. The molecule has 1 saturated carbocycles. The molecule has 2 rings (SSSR count). The van der Waals surface area contributed by atoms with Crippen LogP contribution in [0, 0.1) is 5.92 Å². The number of hydrogen-bond acceptors (Lipinski definition) is 3. The van der Waals surface area contributed by atoms with Gasteiger partial charge in [-0.3, -0.25) is 4.79 Å². The topological polar surface area (TPSA) is 75.3 Å². The molecule has 5 heteroatoms. The van der Waals surface area contributed by atoms with Gasteiger partial charge in [0.15, 0.2) is 6.10 Å². The molecule has 1 aliphatic carbocycles. The highest BCUT2D eigenvalue weighted by molar-refractivity contribution is 5.85. The molecule has 4 N–H and O–H groups in total. The van der Waals surface area contributed by atoms with Crippen LogP contribution in [0.4, 0.5) is 0 Å². The Hall–Kier alpha value is -1.10. The Bertz CT molecular complexity index is 382. The summed E-state index contributed by atoms with van der Waals surface area (Å²) in [5.74, 6) is 0.130. The van der Waals surface area contributed by atoms with Gasteiger partial charge in [0.1, 0.15) is 0 Å². The van der Waals surface area contributed by atoms with Gasteiger partial charge in [0.05, 0.1) is 0 Å². The van der Waals surface area contributed by atoms with Gasteiger partial charge >= 0.3 is 0 Å². The molecule has 100 valence electrons. The number of nitrogens with two attached hydrogens (primary N) is 1. The zero-order valence-corrected chi connectivity index (χ0v) is 10.9. The number of amides is 1. The highest BCUT2D eigenvalue weighted by Gasteiger charge is 2.32. The highest BCUT2D eigenvalue weighted by Crippen LogP contribution is 2.32. The normalized spacial score (nSPS) is 17.4. The van der Waals surface area contributed by atoms with Crippen molar-refractivity contribution in [1.29, 1.82) is 0 Å². The van der Waals surface area contributed by atoms with Crippen molar-refractivity contribution in [2.45, 2.75) is 25.0 Å². The van der Waals surface area contributed by atoms with Crippen LogP contribution in [0.1, 0.15) is 24.5 Å². The number of carbonyl (C=O) groups excluding carboxylic acids is 1. The van der Waals surface area contributed by atoms with Crippen molar-refractivity contribution in [1.82, 2.24) is 5.32 Å². The maximum Gasteiger partial charge on any atom is 0.253 e. The zero-order valence-electron chi connectivity index (χ0n) is 10.1. The van der Waals surface area contributed by atoms with Gasteiger partial charge in [-0.15, -0.1) is 12.4 Å². The molecular formula is C13H19ClN2O2. The molecule has 2 atom stereocenters. The van der Waals surface area contributed by atoms with Crippen molar-refractivity contribution in [2.24, 2.45) is 11.7 Å². The minimum atomic E-state index is -1.11. The van der Waals surface area contributed by atoms with Gasteiger partial charge in [-0.2, -0.15) is 0 Å². The van der Waals surface area contributed by atoms with Crippen LogP contribution in [-0.4, -0.2) is 23.6 Å². The average Bonchev–Trinajstić information content (AvgIpc) is 3.20. The quantitative estimate of drug-likeness (QED) is 0.747. The van der Waals surface area contributed by atoms with Gasteiger partial charge in [0.2, 0.25) is 0 Å². The van der Waals surface area contributed by atoms with Gasteiger partial charge in [-0.25, -0.2) is 0 Å². The third-order valence-electron chi connectivity index (χ3n) is 3.14. The van der Waals surface area contributed by atoms with Crippen LogP contribution in [0.2, 0.25) is 0 Å². The van der Waals surface area contributed by atoms with Gasteiger partial charge in [-0.05, 0) is 24.3 Å². The third-order valence-corrected chi connectivity index (χ3v) is 3.14. The first-order valence-electron chi connectivity index (χ1n) is 5.96. The van der Waals surface area contributed by atoms with Crippen LogP contribution in [0.3, 0.4) is 0 Å². The minimum Gasteiger partial charge on any atom is -0.378 e. The molecule has 1 fully saturated rings. The fraction of sp³-hybridized carbons (Fsp3) is 0.462. The maximum atomic E-state index is 11.8. The highest BCUT2D eigenvalue weighted by atomic mass is 35.5. The lowest BCUT2D eigenvalue weighted by atomic mass is 10.1. The number of aliphatic hydroxyl groups is 1. The standard InChI is InChI=1S/C13H18N2O2.ClH/c14-8-11(9-6-7-9)15-13(17)12(16)10-4-2-1-3-5-10;/h1-5,9,11-12,16H,6-8,14H2,(H,15,17);1H. The Morgan fingerprint density at radius 1 is 1.39 bits per heavy atom. The maximum absolute atomic E-state index is 11.8. The van der Waals surface area contributed by atoms with Crippen molar-refractivity contribution >= 4 is 18.3 Å². The van der Waals surface area contributed by atoms with Gasteiger partial charge in [0, 0.05) is 12.6 Å². The minimum absolute atomic E-state index is 0. The van der Waals surface area contributed by atoms with Gasteiger partial charge in [0.25, 0.3) is 5.91 Å². The van der Waals surface area contributed by atoms with E-state index in [0.29, 0.717) is 18.0 Å². The Morgan fingerprint density at radius 3 is 2.50 bits per heavy atom. The second-order valence-electron chi connectivity index (χ2n) is 4.50. The molecule has 4 nitrogen and oxygen atoms in total. The van der Waals surface area contributed by atoms with Crippen LogP contribution in [0.15, 0.2) is 30.3 Å². The number of rotatable bonds is 5. The van der Waals surface area contributed by atoms with E-state index in [2.05, 4.69) is 5.32 Å². The molecule has 18 heavy (non-hydrogen) atoms. The first-order chi connectivity index (χ1) is 8.22. The van der Waals surface area contributed by atoms with Gasteiger partial charge in [-0.1, -0.05) is 30.3 Å². The van der Waals surface area contributed by atoms with Crippen molar-refractivity contribution in [3.63, 3.8) is 0 Å². The summed E-state index contributed by atoms with van der Waals surface area (Å²) in [4.78, 5) is 11.8. The largest absolute Gasteiger partial charge is 0.378 e. The summed E-state index contributed by atoms with van der Waals surface area (Å²) < 4.78 is 0. The van der Waals surface area contributed by atoms with E-state index in [1.807, 2.05) is 6.07 Å². The second kappa shape index (κ2) is 6.73. The molecule has 1 aromatic carbocycles. The summed E-state index contributed by atoms with van der Waals surface area (Å²) in [6, 6.07) is 8.92. The lowest BCUT2D eigenvalue weighted by Gasteiger charge is -2.18. The van der Waals surface area contributed by atoms with Crippen molar-refractivity contribution in [3.8, 4) is 0 Å². The number of benzene rings is 1. The van der Waals surface area contributed by atoms with E-state index in [-0.39, 0.29) is 24.4 Å². The number of aliphatic hydroxyl groups excluding tert-OH is 1. The average molecular weight is 271 g/mol. The number of carbonyl (C=O) groups is 1. The summed E-state index contributed by atoms with van der Waals surface area (Å²) in [5.41, 5.74) is 6.21. The molecule has 0 bridgehead atoms. The van der Waals surface area contributed by atoms with E-state index in [1.54, 1.807) is 24.3 Å². The van der Waals surface area contributed by atoms with Crippen LogP contribution in [0.5, 0.6) is 0 Å². The molecule has 0 aromatic heterocycles. The summed E-state index contributed by atoms with van der Waals surface area (Å²) in [6.07, 6.45) is 1.12. The van der Waals surface area contributed by atoms with E-state index >= 15 is 0 Å². The van der Waals surface area contributed by atoms with E-state index in [9.17, 15) is 9.90 Å². The summed E-state index contributed by atoms with van der Waals surface area (Å²) >= 11 is 0. The van der Waals surface area contributed by atoms with E-state index in [4.69, 9.17) is 5.73 Å². The molecule has 0 spiro atoms. The third kappa shape index (κ3) is 3.70. The lowest BCUT2D eigenvalue weighted by molar-refractivity contribution is -0.130. The predicted molar refractivity (Wildman–Crippen MR) is 72.4 cm³/mol. The monoisotopic (exact) mass is 270 g/mol. The molecule has 1 aliphatic rings. The molecular weight excluding hydrogens is 252 g/mol. The predicted octanol–water partition coefficient (Wildman–Crippen LogP) is 0.995. The van der Waals surface area contributed by atoms with Crippen molar-refractivity contribution in [2.75, 3.05) is 6.54 Å². The number of halogens is 1. The van der Waals surface area contributed by atoms with E-state index < -0.39 is 6.10 Å². The van der Waals surface area contributed by atoms with Crippen LogP contribution in [0.25, 0.3) is 0 Å². The molecule has 2 unspecified atom stereocenters. The number of hydrogen-bond donors (Lipinski definition) is 3. The zero-order chi connectivity index (χ0) is 12.3.